The Morgan fingerprint density at radius 1 is 0.919 bits per heavy atom. The number of phenols is 1. The molecule has 4 aromatic heterocycles. The lowest BCUT2D eigenvalue weighted by molar-refractivity contribution is -0.141. The molecule has 2 aliphatic heterocycles. The van der Waals surface area contributed by atoms with Crippen molar-refractivity contribution in [1.82, 2.24) is 40.5 Å². The molecule has 0 bridgehead atoms. The van der Waals surface area contributed by atoms with Crippen molar-refractivity contribution in [3.05, 3.63) is 118 Å². The molecule has 3 aromatic carbocycles. The van der Waals surface area contributed by atoms with Crippen LogP contribution in [0.2, 0.25) is 5.02 Å². The number of anilines is 1. The summed E-state index contributed by atoms with van der Waals surface area (Å²) in [5.74, 6) is -0.354. The molecule has 62 heavy (non-hydrogen) atoms. The van der Waals surface area contributed by atoms with Crippen molar-refractivity contribution in [2.45, 2.75) is 64.1 Å². The predicted molar refractivity (Wildman–Crippen MR) is 237 cm³/mol. The second-order valence-electron chi connectivity index (χ2n) is 16.4. The summed E-state index contributed by atoms with van der Waals surface area (Å²) in [4.78, 5) is 46.2. The van der Waals surface area contributed by atoms with Crippen LogP contribution in [0.4, 0.5) is 5.95 Å². The van der Waals surface area contributed by atoms with Crippen LogP contribution < -0.4 is 10.2 Å². The molecule has 3 N–H and O–H groups in total. The molecule has 2 aliphatic rings. The Labute approximate surface area is 366 Å². The smallest absolute Gasteiger partial charge is 0.243 e. The molecule has 316 valence electrons. The zero-order valence-corrected chi connectivity index (χ0v) is 36.0. The van der Waals surface area contributed by atoms with Crippen molar-refractivity contribution < 1.29 is 24.3 Å². The summed E-state index contributed by atoms with van der Waals surface area (Å²) in [5.41, 5.74) is 8.72. The summed E-state index contributed by atoms with van der Waals surface area (Å²) < 4.78 is 5.80. The summed E-state index contributed by atoms with van der Waals surface area (Å²) in [6.07, 6.45) is 2.66. The standard InChI is InChI=1S/C46H44ClN9O5S/c1-24(2)42(45(60)56-22-32(57)15-39(56)44(59)51-25(3)27-9-11-28(12-10-27)43-26(4)50-23-62-43)41-17-36(54-61-41)30-18-48-46(49-19-30)55-20-31(21-55)29-13-35(47)34-16-38(53-52-37(34)14-29)33-7-5-6-8-40(33)58/h5-14,16-19,23-25,31-32,39,42,57-58H,15,20-22H2,1-4H3,(H,51,59)/t25-,32+,39-,42-/m0/s1. The van der Waals surface area contributed by atoms with E-state index in [2.05, 4.69) is 40.5 Å². The van der Waals surface area contributed by atoms with Gasteiger partial charge in [0.15, 0.2) is 0 Å². The van der Waals surface area contributed by atoms with E-state index < -0.39 is 18.1 Å². The molecule has 0 radical (unpaired) electrons. The van der Waals surface area contributed by atoms with Gasteiger partial charge in [-0.05, 0) is 66.8 Å². The van der Waals surface area contributed by atoms with Gasteiger partial charge in [0.25, 0.3) is 0 Å². The highest BCUT2D eigenvalue weighted by molar-refractivity contribution is 7.13. The number of carbonyl (C=O) groups is 2. The number of fused-ring (bicyclic) bond motifs is 1. The number of nitrogens with zero attached hydrogens (tertiary/aromatic N) is 8. The summed E-state index contributed by atoms with van der Waals surface area (Å²) in [6, 6.07) is 21.3. The number of aromatic hydroxyl groups is 1. The largest absolute Gasteiger partial charge is 0.507 e. The molecule has 0 spiro atoms. The lowest BCUT2D eigenvalue weighted by atomic mass is 9.91. The maximum Gasteiger partial charge on any atom is 0.243 e. The molecule has 2 amide bonds. The lowest BCUT2D eigenvalue weighted by Crippen LogP contribution is -2.48. The number of benzene rings is 3. The lowest BCUT2D eigenvalue weighted by Gasteiger charge is -2.39. The number of rotatable bonds is 11. The van der Waals surface area contributed by atoms with Crippen LogP contribution in [0.15, 0.2) is 95.2 Å². The first-order valence-corrected chi connectivity index (χ1v) is 21.8. The number of amides is 2. The molecule has 14 nitrogen and oxygen atoms in total. The fourth-order valence-electron chi connectivity index (χ4n) is 8.34. The van der Waals surface area contributed by atoms with Gasteiger partial charge in [-0.2, -0.15) is 0 Å². The zero-order valence-electron chi connectivity index (χ0n) is 34.4. The first kappa shape index (κ1) is 41.1. The highest BCUT2D eigenvalue weighted by Crippen LogP contribution is 2.38. The van der Waals surface area contributed by atoms with Gasteiger partial charge in [-0.25, -0.2) is 15.0 Å². The van der Waals surface area contributed by atoms with Crippen LogP contribution in [-0.2, 0) is 9.59 Å². The molecule has 6 heterocycles. The van der Waals surface area contributed by atoms with Crippen LogP contribution >= 0.6 is 22.9 Å². The van der Waals surface area contributed by atoms with E-state index in [0.29, 0.717) is 57.9 Å². The first-order valence-electron chi connectivity index (χ1n) is 20.5. The molecule has 4 atom stereocenters. The third-order valence-electron chi connectivity index (χ3n) is 11.8. The normalized spacial score (nSPS) is 17.7. The van der Waals surface area contributed by atoms with E-state index in [1.165, 1.54) is 4.90 Å². The van der Waals surface area contributed by atoms with Gasteiger partial charge >= 0.3 is 0 Å². The fourth-order valence-corrected chi connectivity index (χ4v) is 9.43. The SMILES string of the molecule is Cc1ncsc1-c1ccc([C@H](C)NC(=O)[C@@H]2C[C@@H](O)CN2C(=O)[C@H](c2cc(-c3cnc(N4CC(c5cc(Cl)c6cc(-c7ccccc7O)nnc6c5)C4)nc3)no2)C(C)C)cc1. The van der Waals surface area contributed by atoms with Crippen LogP contribution in [0.5, 0.6) is 5.75 Å². The van der Waals surface area contributed by atoms with Crippen LogP contribution in [0.25, 0.3) is 43.9 Å². The number of β-amino-alcohol motifs (C(OH)–C–C–N with tert-alkyl or cyclic N) is 1. The number of hydrogen-bond acceptors (Lipinski definition) is 13. The molecular weight excluding hydrogens is 826 g/mol. The number of aromatic nitrogens is 6. The summed E-state index contributed by atoms with van der Waals surface area (Å²) in [5, 5.41) is 38.4. The topological polar surface area (TPSA) is 184 Å². The van der Waals surface area contributed by atoms with E-state index in [4.69, 9.17) is 16.1 Å². The van der Waals surface area contributed by atoms with Gasteiger partial charge < -0.3 is 29.9 Å². The van der Waals surface area contributed by atoms with E-state index in [1.54, 1.807) is 48.0 Å². The van der Waals surface area contributed by atoms with Crippen LogP contribution in [0, 0.1) is 12.8 Å². The molecule has 2 fully saturated rings. The summed E-state index contributed by atoms with van der Waals surface area (Å²) >= 11 is 8.34. The Morgan fingerprint density at radius 3 is 2.39 bits per heavy atom. The second kappa shape index (κ2) is 16.9. The number of likely N-dealkylation sites (tertiary alicyclic amines) is 1. The number of aliphatic hydroxyl groups excluding tert-OH is 1. The van der Waals surface area contributed by atoms with Crippen LogP contribution in [0.1, 0.15) is 67.7 Å². The number of hydrogen-bond donors (Lipinski definition) is 3. The predicted octanol–water partition coefficient (Wildman–Crippen LogP) is 7.72. The van der Waals surface area contributed by atoms with E-state index >= 15 is 0 Å². The molecule has 2 saturated heterocycles. The minimum Gasteiger partial charge on any atom is -0.507 e. The number of halogens is 1. The van der Waals surface area contributed by atoms with E-state index in [-0.39, 0.29) is 48.4 Å². The molecule has 0 unspecified atom stereocenters. The van der Waals surface area contributed by atoms with Crippen LogP contribution in [-0.4, -0.2) is 89.0 Å². The Bertz CT molecular complexity index is 2770. The molecule has 9 rings (SSSR count). The summed E-state index contributed by atoms with van der Waals surface area (Å²) in [6.45, 7) is 9.11. The van der Waals surface area contributed by atoms with Gasteiger partial charge in [-0.15, -0.1) is 21.5 Å². The van der Waals surface area contributed by atoms with Gasteiger partial charge in [0.1, 0.15) is 29.2 Å². The maximum absolute atomic E-state index is 14.3. The second-order valence-corrected chi connectivity index (χ2v) is 17.7. The Hall–Kier alpha value is -6.29. The maximum atomic E-state index is 14.3. The summed E-state index contributed by atoms with van der Waals surface area (Å²) in [7, 11) is 0. The molecule has 0 aliphatic carbocycles. The number of aryl methyl sites for hydroxylation is 1. The van der Waals surface area contributed by atoms with E-state index in [1.807, 2.05) is 81.7 Å². The zero-order chi connectivity index (χ0) is 43.2. The van der Waals surface area contributed by atoms with Gasteiger partial charge in [-0.3, -0.25) is 9.59 Å². The highest BCUT2D eigenvalue weighted by atomic mass is 35.5. The van der Waals surface area contributed by atoms with Crippen molar-refractivity contribution >= 4 is 51.6 Å². The fraction of sp³-hybridized carbons (Fsp3) is 0.304. The van der Waals surface area contributed by atoms with Crippen molar-refractivity contribution in [2.24, 2.45) is 5.92 Å². The van der Waals surface area contributed by atoms with E-state index in [9.17, 15) is 19.8 Å². The molecule has 7 aromatic rings. The van der Waals surface area contributed by atoms with E-state index in [0.717, 1.165) is 32.6 Å². The highest BCUT2D eigenvalue weighted by Gasteiger charge is 2.43. The first-order chi connectivity index (χ1) is 29.9. The van der Waals surface area contributed by atoms with Crippen molar-refractivity contribution in [3.8, 4) is 38.7 Å². The number of carbonyl (C=O) groups excluding carboxylic acids is 2. The number of para-hydroxylation sites is 1. The number of thiazole rings is 1. The van der Waals surface area contributed by atoms with Crippen molar-refractivity contribution in [3.63, 3.8) is 0 Å². The Morgan fingerprint density at radius 2 is 1.68 bits per heavy atom. The minimum absolute atomic E-state index is 0.0365. The number of aliphatic hydroxyl groups is 1. The Kier molecular flexibility index (Phi) is 11.2. The Balaban J connectivity index is 0.835. The average molecular weight is 870 g/mol. The van der Waals surface area contributed by atoms with Crippen LogP contribution in [0.3, 0.4) is 0 Å². The number of phenolic OH excluding ortho intramolecular Hbond substituents is 1. The number of nitrogens with one attached hydrogen (secondary N) is 1. The quantitative estimate of drug-likeness (QED) is 0.115. The van der Waals surface area contributed by atoms with Gasteiger partial charge in [0.2, 0.25) is 17.8 Å². The van der Waals surface area contributed by atoms with Crippen molar-refractivity contribution in [1.29, 1.82) is 0 Å². The minimum atomic E-state index is -0.846. The van der Waals surface area contributed by atoms with Gasteiger partial charge in [0.05, 0.1) is 44.5 Å². The molecular formula is C46H44ClN9O5S. The monoisotopic (exact) mass is 869 g/mol. The third kappa shape index (κ3) is 7.98. The third-order valence-corrected chi connectivity index (χ3v) is 13.1. The van der Waals surface area contributed by atoms with Gasteiger partial charge in [0, 0.05) is 66.9 Å². The average Bonchev–Trinajstić information content (AvgIpc) is 4.01. The van der Waals surface area contributed by atoms with Crippen molar-refractivity contribution in [2.75, 3.05) is 24.5 Å². The molecule has 16 heteroatoms. The van der Waals surface area contributed by atoms with Gasteiger partial charge in [-0.1, -0.05) is 67.0 Å². The molecule has 0 saturated carbocycles.